The SMILES string of the molecule is CCCNC(c1cncc(OCC)c1)c1cc(C)ccn1. The first-order chi connectivity index (χ1) is 10.2. The highest BCUT2D eigenvalue weighted by molar-refractivity contribution is 5.32. The molecule has 2 aromatic heterocycles. The highest BCUT2D eigenvalue weighted by atomic mass is 16.5. The molecule has 0 fully saturated rings. The van der Waals surface area contributed by atoms with Crippen LogP contribution in [0.25, 0.3) is 0 Å². The van der Waals surface area contributed by atoms with Crippen LogP contribution in [0.1, 0.15) is 43.1 Å². The van der Waals surface area contributed by atoms with Gasteiger partial charge in [0.2, 0.25) is 0 Å². The van der Waals surface area contributed by atoms with Crippen LogP contribution in [0.2, 0.25) is 0 Å². The summed E-state index contributed by atoms with van der Waals surface area (Å²) < 4.78 is 5.55. The molecule has 0 saturated heterocycles. The van der Waals surface area contributed by atoms with Gasteiger partial charge in [0.25, 0.3) is 0 Å². The highest BCUT2D eigenvalue weighted by Gasteiger charge is 2.16. The van der Waals surface area contributed by atoms with Gasteiger partial charge in [-0.2, -0.15) is 0 Å². The monoisotopic (exact) mass is 285 g/mol. The summed E-state index contributed by atoms with van der Waals surface area (Å²) >= 11 is 0. The van der Waals surface area contributed by atoms with Crippen LogP contribution < -0.4 is 10.1 Å². The maximum Gasteiger partial charge on any atom is 0.137 e. The number of pyridine rings is 2. The van der Waals surface area contributed by atoms with Gasteiger partial charge in [-0.15, -0.1) is 0 Å². The molecule has 0 aromatic carbocycles. The van der Waals surface area contributed by atoms with E-state index in [9.17, 15) is 0 Å². The van der Waals surface area contributed by atoms with Gasteiger partial charge in [0.05, 0.1) is 24.5 Å². The van der Waals surface area contributed by atoms with Crippen LogP contribution in [0, 0.1) is 6.92 Å². The molecule has 0 aliphatic rings. The molecule has 0 saturated carbocycles. The van der Waals surface area contributed by atoms with Crippen LogP contribution in [-0.2, 0) is 0 Å². The summed E-state index contributed by atoms with van der Waals surface area (Å²) in [4.78, 5) is 8.80. The number of nitrogens with one attached hydrogen (secondary N) is 1. The van der Waals surface area contributed by atoms with Crippen LogP contribution in [0.5, 0.6) is 5.75 Å². The molecule has 0 amide bonds. The zero-order chi connectivity index (χ0) is 15.1. The number of aryl methyl sites for hydroxylation is 1. The topological polar surface area (TPSA) is 47.0 Å². The Labute approximate surface area is 126 Å². The Bertz CT molecular complexity index is 571. The van der Waals surface area contributed by atoms with Crippen molar-refractivity contribution in [3.05, 3.63) is 53.6 Å². The van der Waals surface area contributed by atoms with E-state index in [4.69, 9.17) is 4.74 Å². The molecule has 1 N–H and O–H groups in total. The quantitative estimate of drug-likeness (QED) is 0.848. The fourth-order valence-corrected chi connectivity index (χ4v) is 2.24. The number of aromatic nitrogens is 2. The Morgan fingerprint density at radius 2 is 2.10 bits per heavy atom. The fraction of sp³-hybridized carbons (Fsp3) is 0.412. The van der Waals surface area contributed by atoms with Crippen molar-refractivity contribution in [2.75, 3.05) is 13.2 Å². The number of hydrogen-bond acceptors (Lipinski definition) is 4. The Kier molecular flexibility index (Phi) is 5.69. The van der Waals surface area contributed by atoms with Crippen molar-refractivity contribution >= 4 is 0 Å². The lowest BCUT2D eigenvalue weighted by Gasteiger charge is -2.19. The van der Waals surface area contributed by atoms with Gasteiger partial charge in [0, 0.05) is 12.4 Å². The molecular weight excluding hydrogens is 262 g/mol. The molecule has 4 nitrogen and oxygen atoms in total. The molecule has 1 atom stereocenters. The van der Waals surface area contributed by atoms with Gasteiger partial charge in [-0.25, -0.2) is 0 Å². The molecule has 1 unspecified atom stereocenters. The van der Waals surface area contributed by atoms with E-state index >= 15 is 0 Å². The molecule has 2 heterocycles. The lowest BCUT2D eigenvalue weighted by molar-refractivity contribution is 0.338. The lowest BCUT2D eigenvalue weighted by atomic mass is 10.0. The second kappa shape index (κ2) is 7.74. The van der Waals surface area contributed by atoms with Crippen LogP contribution in [0.3, 0.4) is 0 Å². The smallest absolute Gasteiger partial charge is 0.137 e. The van der Waals surface area contributed by atoms with Gasteiger partial charge in [0.15, 0.2) is 0 Å². The van der Waals surface area contributed by atoms with E-state index in [0.29, 0.717) is 6.61 Å². The Hall–Kier alpha value is -1.94. The average Bonchev–Trinajstić information content (AvgIpc) is 2.49. The molecule has 0 radical (unpaired) electrons. The molecule has 2 aromatic rings. The number of hydrogen-bond donors (Lipinski definition) is 1. The van der Waals surface area contributed by atoms with E-state index in [1.807, 2.05) is 31.5 Å². The second-order valence-corrected chi connectivity index (χ2v) is 5.03. The summed E-state index contributed by atoms with van der Waals surface area (Å²) in [6, 6.07) is 6.20. The molecule has 0 spiro atoms. The first-order valence-electron chi connectivity index (χ1n) is 7.48. The molecule has 0 aliphatic carbocycles. The van der Waals surface area contributed by atoms with Crippen molar-refractivity contribution in [2.45, 2.75) is 33.2 Å². The van der Waals surface area contributed by atoms with E-state index in [-0.39, 0.29) is 6.04 Å². The van der Waals surface area contributed by atoms with Crippen molar-refractivity contribution in [1.29, 1.82) is 0 Å². The third kappa shape index (κ3) is 4.26. The predicted octanol–water partition coefficient (Wildman–Crippen LogP) is 3.27. The molecule has 112 valence electrons. The predicted molar refractivity (Wildman–Crippen MR) is 84.5 cm³/mol. The normalized spacial score (nSPS) is 12.1. The zero-order valence-electron chi connectivity index (χ0n) is 13.0. The summed E-state index contributed by atoms with van der Waals surface area (Å²) in [5, 5.41) is 3.54. The van der Waals surface area contributed by atoms with Gasteiger partial charge < -0.3 is 10.1 Å². The summed E-state index contributed by atoms with van der Waals surface area (Å²) in [5.41, 5.74) is 3.30. The zero-order valence-corrected chi connectivity index (χ0v) is 13.0. The van der Waals surface area contributed by atoms with Gasteiger partial charge in [-0.1, -0.05) is 6.92 Å². The Morgan fingerprint density at radius 3 is 2.81 bits per heavy atom. The molecular formula is C17H23N3O. The first-order valence-corrected chi connectivity index (χ1v) is 7.48. The summed E-state index contributed by atoms with van der Waals surface area (Å²) in [6.45, 7) is 7.78. The maximum atomic E-state index is 5.55. The summed E-state index contributed by atoms with van der Waals surface area (Å²) in [5.74, 6) is 0.797. The highest BCUT2D eigenvalue weighted by Crippen LogP contribution is 2.23. The van der Waals surface area contributed by atoms with Gasteiger partial charge in [-0.05, 0) is 56.1 Å². The molecule has 0 aliphatic heterocycles. The first kappa shape index (κ1) is 15.4. The minimum atomic E-state index is 0.0396. The van der Waals surface area contributed by atoms with Gasteiger partial charge >= 0.3 is 0 Å². The van der Waals surface area contributed by atoms with Crippen LogP contribution in [0.15, 0.2) is 36.8 Å². The fourth-order valence-electron chi connectivity index (χ4n) is 2.24. The van der Waals surface area contributed by atoms with Crippen molar-refractivity contribution in [1.82, 2.24) is 15.3 Å². The maximum absolute atomic E-state index is 5.55. The lowest BCUT2D eigenvalue weighted by Crippen LogP contribution is -2.24. The van der Waals surface area contributed by atoms with Gasteiger partial charge in [0.1, 0.15) is 5.75 Å². The molecule has 0 bridgehead atoms. The van der Waals surface area contributed by atoms with E-state index in [1.54, 1.807) is 6.20 Å². The Morgan fingerprint density at radius 1 is 1.24 bits per heavy atom. The van der Waals surface area contributed by atoms with Crippen molar-refractivity contribution in [3.8, 4) is 5.75 Å². The number of nitrogens with zero attached hydrogens (tertiary/aromatic N) is 2. The van der Waals surface area contributed by atoms with E-state index in [2.05, 4.69) is 35.2 Å². The summed E-state index contributed by atoms with van der Waals surface area (Å²) in [6.07, 6.45) is 6.54. The Balaban J connectivity index is 2.33. The van der Waals surface area contributed by atoms with Crippen molar-refractivity contribution in [3.63, 3.8) is 0 Å². The van der Waals surface area contributed by atoms with E-state index in [0.717, 1.165) is 30.0 Å². The number of rotatable bonds is 7. The largest absolute Gasteiger partial charge is 0.492 e. The minimum Gasteiger partial charge on any atom is -0.492 e. The molecule has 2 rings (SSSR count). The van der Waals surface area contributed by atoms with Crippen LogP contribution in [0.4, 0.5) is 0 Å². The van der Waals surface area contributed by atoms with Crippen LogP contribution >= 0.6 is 0 Å². The van der Waals surface area contributed by atoms with E-state index < -0.39 is 0 Å². The standard InChI is InChI=1S/C17H23N3O/c1-4-7-20-17(16-9-13(3)6-8-19-16)14-10-15(21-5-2)12-18-11-14/h6,8-12,17,20H,4-5,7H2,1-3H3. The average molecular weight is 285 g/mol. The second-order valence-electron chi connectivity index (χ2n) is 5.03. The minimum absolute atomic E-state index is 0.0396. The molecule has 4 heteroatoms. The van der Waals surface area contributed by atoms with E-state index in [1.165, 1.54) is 5.56 Å². The third-order valence-electron chi connectivity index (χ3n) is 3.21. The summed E-state index contributed by atoms with van der Waals surface area (Å²) in [7, 11) is 0. The third-order valence-corrected chi connectivity index (χ3v) is 3.21. The number of ether oxygens (including phenoxy) is 1. The van der Waals surface area contributed by atoms with Crippen molar-refractivity contribution < 1.29 is 4.74 Å². The molecule has 21 heavy (non-hydrogen) atoms. The van der Waals surface area contributed by atoms with Gasteiger partial charge in [-0.3, -0.25) is 9.97 Å². The van der Waals surface area contributed by atoms with Crippen molar-refractivity contribution in [2.24, 2.45) is 0 Å². The van der Waals surface area contributed by atoms with Crippen LogP contribution in [-0.4, -0.2) is 23.1 Å².